The highest BCUT2D eigenvalue weighted by molar-refractivity contribution is 7.89. The van der Waals surface area contributed by atoms with Gasteiger partial charge in [-0.3, -0.25) is 4.79 Å². The quantitative estimate of drug-likeness (QED) is 0.586. The fourth-order valence-electron chi connectivity index (χ4n) is 4.46. The van der Waals surface area contributed by atoms with Gasteiger partial charge in [-0.05, 0) is 47.9 Å². The number of benzene rings is 3. The average Bonchev–Trinajstić information content (AvgIpc) is 2.87. The van der Waals surface area contributed by atoms with Gasteiger partial charge in [0, 0.05) is 37.8 Å². The first-order valence-electron chi connectivity index (χ1n) is 11.1. The number of carbonyl (C=O) groups is 1. The summed E-state index contributed by atoms with van der Waals surface area (Å²) in [6.07, 6.45) is 0.973. The van der Waals surface area contributed by atoms with Crippen LogP contribution in [-0.2, 0) is 14.8 Å². The maximum absolute atomic E-state index is 13.2. The second-order valence-electron chi connectivity index (χ2n) is 8.41. The minimum absolute atomic E-state index is 0.0154. The van der Waals surface area contributed by atoms with Crippen molar-refractivity contribution in [1.82, 2.24) is 4.31 Å². The average molecular weight is 467 g/mol. The fourth-order valence-corrected chi connectivity index (χ4v) is 5.95. The number of piperidine rings is 1. The van der Waals surface area contributed by atoms with Crippen LogP contribution in [-0.4, -0.2) is 52.0 Å². The lowest BCUT2D eigenvalue weighted by Crippen LogP contribution is -2.43. The molecule has 3 aromatic rings. The van der Waals surface area contributed by atoms with E-state index in [4.69, 9.17) is 9.47 Å². The first kappa shape index (κ1) is 21.7. The summed E-state index contributed by atoms with van der Waals surface area (Å²) in [4.78, 5) is 15.0. The molecular weight excluding hydrogens is 440 g/mol. The second kappa shape index (κ2) is 8.68. The van der Waals surface area contributed by atoms with Crippen molar-refractivity contribution in [2.45, 2.75) is 17.7 Å². The lowest BCUT2D eigenvalue weighted by molar-refractivity contribution is -0.123. The predicted octanol–water partition coefficient (Wildman–Crippen LogP) is 3.67. The van der Waals surface area contributed by atoms with Crippen LogP contribution in [0.25, 0.3) is 10.8 Å². The fraction of sp³-hybridized carbons (Fsp3) is 0.320. The molecule has 172 valence electrons. The molecule has 0 aromatic heterocycles. The number of carbonyl (C=O) groups excluding carboxylic acids is 1. The molecule has 1 saturated heterocycles. The molecule has 0 aliphatic carbocycles. The van der Waals surface area contributed by atoms with Crippen LogP contribution in [0.3, 0.4) is 0 Å². The number of anilines is 1. The topological polar surface area (TPSA) is 76.2 Å². The van der Waals surface area contributed by atoms with Crippen LogP contribution in [0.15, 0.2) is 65.6 Å². The van der Waals surface area contributed by atoms with Gasteiger partial charge in [-0.1, -0.05) is 30.3 Å². The van der Waals surface area contributed by atoms with E-state index in [1.165, 1.54) is 10.4 Å². The molecule has 33 heavy (non-hydrogen) atoms. The van der Waals surface area contributed by atoms with Crippen LogP contribution in [0.5, 0.6) is 11.5 Å². The lowest BCUT2D eigenvalue weighted by Gasteiger charge is -2.32. The van der Waals surface area contributed by atoms with Crippen molar-refractivity contribution < 1.29 is 22.7 Å². The van der Waals surface area contributed by atoms with Gasteiger partial charge >= 0.3 is 0 Å². The van der Waals surface area contributed by atoms with E-state index in [9.17, 15) is 13.2 Å². The summed E-state index contributed by atoms with van der Waals surface area (Å²) in [5.74, 6) is 0.806. The Morgan fingerprint density at radius 2 is 1.61 bits per heavy atom. The largest absolute Gasteiger partial charge is 0.486 e. The van der Waals surface area contributed by atoms with Crippen molar-refractivity contribution in [2.24, 2.45) is 5.92 Å². The molecule has 0 bridgehead atoms. The van der Waals surface area contributed by atoms with Crippen molar-refractivity contribution in [3.8, 4) is 11.5 Å². The number of ether oxygens (including phenoxy) is 2. The van der Waals surface area contributed by atoms with E-state index in [0.29, 0.717) is 50.6 Å². The maximum atomic E-state index is 13.2. The number of fused-ring (bicyclic) bond motifs is 2. The highest BCUT2D eigenvalue weighted by Crippen LogP contribution is 2.34. The normalized spacial score (nSPS) is 17.1. The molecule has 2 aliphatic heterocycles. The smallest absolute Gasteiger partial charge is 0.243 e. The minimum atomic E-state index is -3.67. The van der Waals surface area contributed by atoms with Gasteiger partial charge in [0.05, 0.1) is 4.90 Å². The third kappa shape index (κ3) is 4.16. The molecule has 1 amide bonds. The molecule has 0 saturated carbocycles. The Kier molecular flexibility index (Phi) is 5.72. The summed E-state index contributed by atoms with van der Waals surface area (Å²) in [5.41, 5.74) is 0.838. The van der Waals surface area contributed by atoms with Crippen molar-refractivity contribution in [3.05, 3.63) is 60.7 Å². The number of nitrogens with zero attached hydrogens (tertiary/aromatic N) is 2. The lowest BCUT2D eigenvalue weighted by atomic mass is 9.96. The molecular formula is C25H26N2O5S. The molecule has 0 radical (unpaired) electrons. The molecule has 0 N–H and O–H groups in total. The monoisotopic (exact) mass is 466 g/mol. The Morgan fingerprint density at radius 3 is 2.36 bits per heavy atom. The molecule has 2 aliphatic rings. The molecule has 8 heteroatoms. The Hall–Kier alpha value is -3.10. The van der Waals surface area contributed by atoms with Crippen LogP contribution in [0.1, 0.15) is 12.8 Å². The molecule has 7 nitrogen and oxygen atoms in total. The van der Waals surface area contributed by atoms with E-state index in [2.05, 4.69) is 0 Å². The zero-order valence-electron chi connectivity index (χ0n) is 18.4. The van der Waals surface area contributed by atoms with E-state index in [1.54, 1.807) is 24.1 Å². The summed E-state index contributed by atoms with van der Waals surface area (Å²) in [6.45, 7) is 1.46. The summed E-state index contributed by atoms with van der Waals surface area (Å²) in [5, 5.41) is 2.20. The summed E-state index contributed by atoms with van der Waals surface area (Å²) < 4.78 is 38.8. The first-order valence-corrected chi connectivity index (χ1v) is 12.5. The Balaban J connectivity index is 1.26. The van der Waals surface area contributed by atoms with Crippen LogP contribution in [0, 0.1) is 5.92 Å². The van der Waals surface area contributed by atoms with Gasteiger partial charge in [0.1, 0.15) is 13.2 Å². The van der Waals surface area contributed by atoms with Crippen LogP contribution >= 0.6 is 0 Å². The number of hydrogen-bond acceptors (Lipinski definition) is 5. The summed E-state index contributed by atoms with van der Waals surface area (Å²) in [7, 11) is -1.89. The van der Waals surface area contributed by atoms with Gasteiger partial charge in [-0.2, -0.15) is 4.31 Å². The third-order valence-corrected chi connectivity index (χ3v) is 8.30. The van der Waals surface area contributed by atoms with E-state index in [-0.39, 0.29) is 16.7 Å². The van der Waals surface area contributed by atoms with Crippen molar-refractivity contribution >= 4 is 32.4 Å². The predicted molar refractivity (Wildman–Crippen MR) is 126 cm³/mol. The van der Waals surface area contributed by atoms with Gasteiger partial charge in [0.15, 0.2) is 11.5 Å². The Bertz CT molecular complexity index is 1300. The van der Waals surface area contributed by atoms with E-state index >= 15 is 0 Å². The highest BCUT2D eigenvalue weighted by atomic mass is 32.2. The van der Waals surface area contributed by atoms with Crippen molar-refractivity contribution in [2.75, 3.05) is 38.3 Å². The van der Waals surface area contributed by atoms with Gasteiger partial charge < -0.3 is 14.4 Å². The zero-order chi connectivity index (χ0) is 23.0. The van der Waals surface area contributed by atoms with Crippen molar-refractivity contribution in [1.29, 1.82) is 0 Å². The van der Waals surface area contributed by atoms with E-state index in [1.807, 2.05) is 42.5 Å². The molecule has 0 unspecified atom stereocenters. The highest BCUT2D eigenvalue weighted by Gasteiger charge is 2.34. The van der Waals surface area contributed by atoms with E-state index in [0.717, 1.165) is 16.5 Å². The van der Waals surface area contributed by atoms with E-state index < -0.39 is 10.0 Å². The van der Waals surface area contributed by atoms with Gasteiger partial charge in [-0.15, -0.1) is 0 Å². The molecule has 2 heterocycles. The molecule has 0 atom stereocenters. The van der Waals surface area contributed by atoms with Gasteiger partial charge in [-0.25, -0.2) is 8.42 Å². The summed E-state index contributed by atoms with van der Waals surface area (Å²) in [6, 6.07) is 18.7. The maximum Gasteiger partial charge on any atom is 0.243 e. The SMILES string of the molecule is CN(C(=O)C1CCN(S(=O)(=O)c2ccc3c(c2)OCCO3)CC1)c1ccc2ccccc2c1. The Morgan fingerprint density at radius 1 is 0.909 bits per heavy atom. The number of rotatable bonds is 4. The molecule has 5 rings (SSSR count). The van der Waals surface area contributed by atoms with Crippen LogP contribution in [0.4, 0.5) is 5.69 Å². The molecule has 0 spiro atoms. The zero-order valence-corrected chi connectivity index (χ0v) is 19.3. The van der Waals surface area contributed by atoms with Crippen LogP contribution in [0.2, 0.25) is 0 Å². The van der Waals surface area contributed by atoms with Crippen LogP contribution < -0.4 is 14.4 Å². The number of sulfonamides is 1. The minimum Gasteiger partial charge on any atom is -0.486 e. The van der Waals surface area contributed by atoms with Gasteiger partial charge in [0.2, 0.25) is 15.9 Å². The third-order valence-electron chi connectivity index (χ3n) is 6.41. The van der Waals surface area contributed by atoms with Gasteiger partial charge in [0.25, 0.3) is 0 Å². The Labute approximate surface area is 193 Å². The number of hydrogen-bond donors (Lipinski definition) is 0. The standard InChI is InChI=1S/C25H26N2O5S/c1-26(21-7-6-18-4-2-3-5-20(18)16-21)25(28)19-10-12-27(13-11-19)33(29,30)22-8-9-23-24(17-22)32-15-14-31-23/h2-9,16-17,19H,10-15H2,1H3. The molecule has 3 aromatic carbocycles. The second-order valence-corrected chi connectivity index (χ2v) is 10.4. The molecule has 1 fully saturated rings. The number of amides is 1. The first-order chi connectivity index (χ1) is 15.9. The van der Waals surface area contributed by atoms with Crippen molar-refractivity contribution in [3.63, 3.8) is 0 Å². The summed E-state index contributed by atoms with van der Waals surface area (Å²) >= 11 is 0.